The van der Waals surface area contributed by atoms with Crippen LogP contribution in [0.3, 0.4) is 0 Å². The Hall–Kier alpha value is -3.35. The molecule has 0 spiro atoms. The number of piperidine rings is 2. The van der Waals surface area contributed by atoms with Crippen LogP contribution in [0, 0.1) is 18.7 Å². The van der Waals surface area contributed by atoms with Gasteiger partial charge in [0.2, 0.25) is 5.91 Å². The van der Waals surface area contributed by atoms with Gasteiger partial charge in [0.25, 0.3) is 0 Å². The van der Waals surface area contributed by atoms with Crippen molar-refractivity contribution >= 4 is 11.9 Å². The summed E-state index contributed by atoms with van der Waals surface area (Å²) in [5.74, 6) is -0.974. The maximum Gasteiger partial charge on any atom is 0.416 e. The molecule has 1 N–H and O–H groups in total. The quantitative estimate of drug-likeness (QED) is 0.407. The van der Waals surface area contributed by atoms with E-state index >= 15 is 0 Å². The third kappa shape index (κ3) is 7.79. The van der Waals surface area contributed by atoms with Crippen LogP contribution >= 0.6 is 0 Å². The largest absolute Gasteiger partial charge is 0.416 e. The maximum atomic E-state index is 13.9. The van der Waals surface area contributed by atoms with Crippen molar-refractivity contribution in [2.75, 3.05) is 33.2 Å². The number of amides is 3. The van der Waals surface area contributed by atoms with Crippen LogP contribution < -0.4 is 0 Å². The minimum Gasteiger partial charge on any atom is -0.393 e. The Morgan fingerprint density at radius 1 is 0.930 bits per heavy atom. The number of nitrogens with zero attached hydrogens (tertiary/aromatic N) is 3. The van der Waals surface area contributed by atoms with Gasteiger partial charge < -0.3 is 19.8 Å². The van der Waals surface area contributed by atoms with Gasteiger partial charge in [0.1, 0.15) is 5.82 Å². The average molecular weight is 618 g/mol. The summed E-state index contributed by atoms with van der Waals surface area (Å²) >= 11 is 0. The first-order valence-electron chi connectivity index (χ1n) is 14.1. The van der Waals surface area contributed by atoms with Crippen LogP contribution in [0.25, 0.3) is 0 Å². The minimum absolute atomic E-state index is 0.0610. The van der Waals surface area contributed by atoms with E-state index in [1.165, 1.54) is 29.0 Å². The van der Waals surface area contributed by atoms with Crippen molar-refractivity contribution in [2.45, 2.75) is 63.5 Å². The van der Waals surface area contributed by atoms with E-state index in [0.717, 1.165) is 0 Å². The van der Waals surface area contributed by atoms with E-state index in [0.29, 0.717) is 55.6 Å². The predicted molar refractivity (Wildman–Crippen MR) is 143 cm³/mol. The molecule has 2 atom stereocenters. The number of hydrogen-bond acceptors (Lipinski definition) is 3. The van der Waals surface area contributed by atoms with Crippen molar-refractivity contribution in [3.8, 4) is 0 Å². The van der Waals surface area contributed by atoms with Crippen molar-refractivity contribution in [3.63, 3.8) is 0 Å². The fourth-order valence-electron chi connectivity index (χ4n) is 5.85. The van der Waals surface area contributed by atoms with Crippen molar-refractivity contribution in [3.05, 3.63) is 70.0 Å². The molecule has 2 aromatic rings. The highest BCUT2D eigenvalue weighted by Crippen LogP contribution is 2.39. The van der Waals surface area contributed by atoms with E-state index in [9.17, 15) is 45.4 Å². The van der Waals surface area contributed by atoms with Crippen LogP contribution in [-0.2, 0) is 23.6 Å². The summed E-state index contributed by atoms with van der Waals surface area (Å²) in [4.78, 5) is 31.5. The first kappa shape index (κ1) is 32.6. The molecule has 6 nitrogen and oxygen atoms in total. The SMILES string of the molecule is Cc1cc(F)ccc1[C@H]1C[C@@H](C(=O)N2CCC(O)CC2)CCN1C(=O)N(C)CCc1cc(C(F)(F)F)cc(C(F)(F)F)c1. The number of aliphatic hydroxyl groups excluding tert-OH is 1. The standard InChI is InChI=1S/C30H34F7N3O3/c1-18-13-23(31)3-4-25(18)26-16-20(27(42)39-10-7-24(41)8-11-39)6-12-40(26)28(43)38(2)9-5-19-14-21(29(32,33)34)17-22(15-19)30(35,36)37/h3-4,13-15,17,20,24,26,41H,5-12,16H2,1-2H3/t20-,26+/m0/s1. The lowest BCUT2D eigenvalue weighted by molar-refractivity contribution is -0.143. The van der Waals surface area contributed by atoms with Crippen molar-refractivity contribution in [1.82, 2.24) is 14.7 Å². The Balaban J connectivity index is 1.53. The summed E-state index contributed by atoms with van der Waals surface area (Å²) in [5.41, 5.74) is -1.85. The van der Waals surface area contributed by atoms with Gasteiger partial charge in [0.05, 0.1) is 23.3 Å². The molecule has 0 aliphatic carbocycles. The molecule has 0 saturated carbocycles. The number of alkyl halides is 6. The Bertz CT molecular complexity index is 1290. The van der Waals surface area contributed by atoms with Gasteiger partial charge in [-0.05, 0) is 86.1 Å². The normalized spacial score (nSPS) is 20.3. The highest BCUT2D eigenvalue weighted by atomic mass is 19.4. The molecule has 2 heterocycles. The number of hydrogen-bond donors (Lipinski definition) is 1. The number of benzene rings is 2. The van der Waals surface area contributed by atoms with E-state index in [1.54, 1.807) is 17.9 Å². The highest BCUT2D eigenvalue weighted by molar-refractivity contribution is 5.80. The lowest BCUT2D eigenvalue weighted by atomic mass is 9.84. The minimum atomic E-state index is -4.98. The average Bonchev–Trinajstić information content (AvgIpc) is 2.94. The zero-order valence-electron chi connectivity index (χ0n) is 23.8. The van der Waals surface area contributed by atoms with Crippen LogP contribution in [0.15, 0.2) is 36.4 Å². The zero-order valence-corrected chi connectivity index (χ0v) is 23.8. The Labute approximate surface area is 245 Å². The lowest BCUT2D eigenvalue weighted by Crippen LogP contribution is -2.51. The fraction of sp³-hybridized carbons (Fsp3) is 0.533. The van der Waals surface area contributed by atoms with Gasteiger partial charge in [-0.25, -0.2) is 9.18 Å². The molecule has 43 heavy (non-hydrogen) atoms. The number of carbonyl (C=O) groups excluding carboxylic acids is 2. The summed E-state index contributed by atoms with van der Waals surface area (Å²) in [5, 5.41) is 9.81. The lowest BCUT2D eigenvalue weighted by Gasteiger charge is -2.43. The number of rotatable bonds is 5. The third-order valence-corrected chi connectivity index (χ3v) is 8.27. The summed E-state index contributed by atoms with van der Waals surface area (Å²) < 4.78 is 93.7. The van der Waals surface area contributed by atoms with E-state index in [1.807, 2.05) is 0 Å². The third-order valence-electron chi connectivity index (χ3n) is 8.27. The van der Waals surface area contributed by atoms with Crippen LogP contribution in [0.1, 0.15) is 59.5 Å². The van der Waals surface area contributed by atoms with Gasteiger partial charge >= 0.3 is 18.4 Å². The Morgan fingerprint density at radius 2 is 1.53 bits per heavy atom. The molecule has 0 radical (unpaired) electrons. The summed E-state index contributed by atoms with van der Waals surface area (Å²) in [7, 11) is 1.41. The van der Waals surface area contributed by atoms with Crippen LogP contribution in [-0.4, -0.2) is 71.1 Å². The smallest absolute Gasteiger partial charge is 0.393 e. The number of halogens is 7. The molecule has 2 aliphatic heterocycles. The van der Waals surface area contributed by atoms with Crippen molar-refractivity contribution < 1.29 is 45.4 Å². The van der Waals surface area contributed by atoms with E-state index < -0.39 is 53.4 Å². The van der Waals surface area contributed by atoms with Gasteiger partial charge in [0.15, 0.2) is 0 Å². The second-order valence-corrected chi connectivity index (χ2v) is 11.4. The Morgan fingerprint density at radius 3 is 2.09 bits per heavy atom. The number of likely N-dealkylation sites (N-methyl/N-ethyl adjacent to an activating group) is 1. The molecular formula is C30H34F7N3O3. The topological polar surface area (TPSA) is 64.1 Å². The van der Waals surface area contributed by atoms with Gasteiger partial charge in [-0.2, -0.15) is 26.3 Å². The van der Waals surface area contributed by atoms with Gasteiger partial charge in [-0.1, -0.05) is 6.07 Å². The molecule has 2 aromatic carbocycles. The molecule has 0 aromatic heterocycles. The van der Waals surface area contributed by atoms with Crippen LogP contribution in [0.2, 0.25) is 0 Å². The van der Waals surface area contributed by atoms with Crippen molar-refractivity contribution in [2.24, 2.45) is 5.92 Å². The number of urea groups is 1. The Kier molecular flexibility index (Phi) is 9.63. The van der Waals surface area contributed by atoms with Crippen LogP contribution in [0.5, 0.6) is 0 Å². The van der Waals surface area contributed by atoms with E-state index in [-0.39, 0.29) is 43.5 Å². The second-order valence-electron chi connectivity index (χ2n) is 11.4. The van der Waals surface area contributed by atoms with Gasteiger partial charge in [0, 0.05) is 39.1 Å². The first-order chi connectivity index (χ1) is 20.0. The number of likely N-dealkylation sites (tertiary alicyclic amines) is 2. The predicted octanol–water partition coefficient (Wildman–Crippen LogP) is 6.20. The summed E-state index contributed by atoms with van der Waals surface area (Å²) in [6.07, 6.45) is -9.12. The molecule has 2 fully saturated rings. The maximum absolute atomic E-state index is 13.9. The van der Waals surface area contributed by atoms with Gasteiger partial charge in [-0.3, -0.25) is 4.79 Å². The molecule has 0 unspecified atom stereocenters. The monoisotopic (exact) mass is 617 g/mol. The molecule has 236 valence electrons. The highest BCUT2D eigenvalue weighted by Gasteiger charge is 2.40. The summed E-state index contributed by atoms with van der Waals surface area (Å²) in [6.45, 7) is 2.54. The second kappa shape index (κ2) is 12.7. The number of aryl methyl sites for hydroxylation is 1. The number of aliphatic hydroxyl groups is 1. The molecule has 13 heteroatoms. The molecule has 2 aliphatic rings. The zero-order chi connectivity index (χ0) is 31.7. The molecular weight excluding hydrogens is 583 g/mol. The van der Waals surface area contributed by atoms with E-state index in [2.05, 4.69) is 0 Å². The first-order valence-corrected chi connectivity index (χ1v) is 14.1. The number of carbonyl (C=O) groups is 2. The van der Waals surface area contributed by atoms with Crippen molar-refractivity contribution in [1.29, 1.82) is 0 Å². The van der Waals surface area contributed by atoms with E-state index in [4.69, 9.17) is 0 Å². The van der Waals surface area contributed by atoms with Crippen LogP contribution in [0.4, 0.5) is 35.5 Å². The summed E-state index contributed by atoms with van der Waals surface area (Å²) in [6, 6.07) is 4.38. The molecule has 2 saturated heterocycles. The molecule has 0 bridgehead atoms. The fourth-order valence-corrected chi connectivity index (χ4v) is 5.85. The molecule has 4 rings (SSSR count). The van der Waals surface area contributed by atoms with Gasteiger partial charge in [-0.15, -0.1) is 0 Å². The molecule has 3 amide bonds.